The number of anilines is 2. The number of amides is 2. The molecule has 0 aliphatic carbocycles. The van der Waals surface area contributed by atoms with Crippen LogP contribution in [0, 0.1) is 0 Å². The monoisotopic (exact) mass is 470 g/mol. The normalized spacial score (nSPS) is 18.2. The summed E-state index contributed by atoms with van der Waals surface area (Å²) < 4.78 is 0. The van der Waals surface area contributed by atoms with Gasteiger partial charge in [0.15, 0.2) is 5.13 Å². The quantitative estimate of drug-likeness (QED) is 0.668. The minimum Gasteiger partial charge on any atom is -0.347 e. The van der Waals surface area contributed by atoms with Gasteiger partial charge in [0.25, 0.3) is 0 Å². The van der Waals surface area contributed by atoms with Crippen LogP contribution in [0.3, 0.4) is 0 Å². The Morgan fingerprint density at radius 2 is 1.73 bits per heavy atom. The van der Waals surface area contributed by atoms with Crippen molar-refractivity contribution < 1.29 is 9.59 Å². The standard InChI is InChI=1S/C24H34N6O2S/c1-2-20-6-3-4-7-21(20)26-22(31)18-28-11-14-29(15-12-28)23(32)19-27-9-5-10-30(16-13-27)24-25-8-17-33-24/h3-4,6-8,17H,2,5,9-16,18-19H2,1H3,(H,26,31). The Kier molecular flexibility index (Phi) is 8.30. The number of piperazine rings is 1. The largest absolute Gasteiger partial charge is 0.347 e. The predicted molar refractivity (Wildman–Crippen MR) is 133 cm³/mol. The zero-order valence-electron chi connectivity index (χ0n) is 19.4. The Balaban J connectivity index is 1.18. The Bertz CT molecular complexity index is 913. The van der Waals surface area contributed by atoms with Gasteiger partial charge in [0.05, 0.1) is 13.1 Å². The van der Waals surface area contributed by atoms with E-state index in [2.05, 4.69) is 31.9 Å². The molecule has 33 heavy (non-hydrogen) atoms. The van der Waals surface area contributed by atoms with Crippen LogP contribution in [0.15, 0.2) is 35.8 Å². The average Bonchev–Trinajstić information content (AvgIpc) is 3.27. The van der Waals surface area contributed by atoms with Gasteiger partial charge in [-0.05, 0) is 24.5 Å². The number of hydrogen-bond donors (Lipinski definition) is 1. The molecule has 2 aromatic rings. The number of aryl methyl sites for hydroxylation is 1. The van der Waals surface area contributed by atoms with Crippen LogP contribution in [-0.4, -0.2) is 96.9 Å². The molecule has 2 aliphatic rings. The van der Waals surface area contributed by atoms with Gasteiger partial charge in [-0.2, -0.15) is 0 Å². The molecule has 0 spiro atoms. The van der Waals surface area contributed by atoms with Crippen molar-refractivity contribution in [2.45, 2.75) is 19.8 Å². The number of para-hydroxylation sites is 1. The summed E-state index contributed by atoms with van der Waals surface area (Å²) in [6.45, 7) is 9.44. The molecule has 1 N–H and O–H groups in total. The highest BCUT2D eigenvalue weighted by atomic mass is 32.1. The van der Waals surface area contributed by atoms with Gasteiger partial charge in [-0.3, -0.25) is 19.4 Å². The lowest BCUT2D eigenvalue weighted by Crippen LogP contribution is -2.52. The molecule has 0 atom stereocenters. The fourth-order valence-electron chi connectivity index (χ4n) is 4.48. The van der Waals surface area contributed by atoms with E-state index in [4.69, 9.17) is 0 Å². The van der Waals surface area contributed by atoms with Gasteiger partial charge in [-0.1, -0.05) is 25.1 Å². The molecule has 0 unspecified atom stereocenters. The van der Waals surface area contributed by atoms with Gasteiger partial charge in [0, 0.05) is 69.6 Å². The van der Waals surface area contributed by atoms with E-state index in [0.29, 0.717) is 26.2 Å². The number of carbonyl (C=O) groups excluding carboxylic acids is 2. The third-order valence-electron chi connectivity index (χ3n) is 6.40. The SMILES string of the molecule is CCc1ccccc1NC(=O)CN1CCN(C(=O)CN2CCCN(c3nccs3)CC2)CC1. The molecular formula is C24H34N6O2S. The molecule has 2 saturated heterocycles. The van der Waals surface area contributed by atoms with Crippen LogP contribution in [-0.2, 0) is 16.0 Å². The highest BCUT2D eigenvalue weighted by molar-refractivity contribution is 7.13. The second kappa shape index (κ2) is 11.6. The molecule has 8 nitrogen and oxygen atoms in total. The Hall–Kier alpha value is -2.49. The second-order valence-corrected chi connectivity index (χ2v) is 9.52. The van der Waals surface area contributed by atoms with E-state index in [1.165, 1.54) is 0 Å². The molecule has 2 fully saturated rings. The fourth-order valence-corrected chi connectivity index (χ4v) is 5.18. The molecule has 3 heterocycles. The maximum atomic E-state index is 12.9. The number of nitrogens with zero attached hydrogens (tertiary/aromatic N) is 5. The van der Waals surface area contributed by atoms with E-state index in [0.717, 1.165) is 68.5 Å². The maximum Gasteiger partial charge on any atom is 0.238 e. The number of nitrogens with one attached hydrogen (secondary N) is 1. The number of benzene rings is 1. The van der Waals surface area contributed by atoms with Gasteiger partial charge >= 0.3 is 0 Å². The molecule has 0 saturated carbocycles. The zero-order valence-corrected chi connectivity index (χ0v) is 20.2. The highest BCUT2D eigenvalue weighted by Crippen LogP contribution is 2.19. The Labute approximate surface area is 200 Å². The van der Waals surface area contributed by atoms with Crippen LogP contribution in [0.25, 0.3) is 0 Å². The van der Waals surface area contributed by atoms with Crippen LogP contribution in [0.5, 0.6) is 0 Å². The molecule has 9 heteroatoms. The molecule has 0 bridgehead atoms. The lowest BCUT2D eigenvalue weighted by Gasteiger charge is -2.35. The van der Waals surface area contributed by atoms with E-state index in [1.54, 1.807) is 11.3 Å². The molecular weight excluding hydrogens is 436 g/mol. The summed E-state index contributed by atoms with van der Waals surface area (Å²) >= 11 is 1.67. The summed E-state index contributed by atoms with van der Waals surface area (Å²) in [5, 5.41) is 6.12. The lowest BCUT2D eigenvalue weighted by atomic mass is 10.1. The van der Waals surface area contributed by atoms with Crippen LogP contribution in [0.4, 0.5) is 10.8 Å². The van der Waals surface area contributed by atoms with Crippen molar-refractivity contribution in [1.29, 1.82) is 0 Å². The van der Waals surface area contributed by atoms with Crippen LogP contribution < -0.4 is 10.2 Å². The summed E-state index contributed by atoms with van der Waals surface area (Å²) in [5.74, 6) is 0.198. The van der Waals surface area contributed by atoms with Crippen molar-refractivity contribution in [3.63, 3.8) is 0 Å². The van der Waals surface area contributed by atoms with Crippen molar-refractivity contribution >= 4 is 34.0 Å². The third-order valence-corrected chi connectivity index (χ3v) is 7.23. The average molecular weight is 471 g/mol. The molecule has 178 valence electrons. The van der Waals surface area contributed by atoms with Crippen LogP contribution >= 0.6 is 11.3 Å². The first-order valence-corrected chi connectivity index (χ1v) is 12.7. The smallest absolute Gasteiger partial charge is 0.238 e. The van der Waals surface area contributed by atoms with E-state index in [1.807, 2.05) is 40.7 Å². The van der Waals surface area contributed by atoms with E-state index >= 15 is 0 Å². The summed E-state index contributed by atoms with van der Waals surface area (Å²) in [5.41, 5.74) is 2.04. The van der Waals surface area contributed by atoms with Gasteiger partial charge < -0.3 is 15.1 Å². The van der Waals surface area contributed by atoms with Crippen LogP contribution in [0.2, 0.25) is 0 Å². The summed E-state index contributed by atoms with van der Waals surface area (Å²) in [6, 6.07) is 7.93. The lowest BCUT2D eigenvalue weighted by molar-refractivity contribution is -0.134. The summed E-state index contributed by atoms with van der Waals surface area (Å²) in [6.07, 6.45) is 3.77. The van der Waals surface area contributed by atoms with E-state index in [-0.39, 0.29) is 11.8 Å². The van der Waals surface area contributed by atoms with Gasteiger partial charge in [-0.25, -0.2) is 4.98 Å². The highest BCUT2D eigenvalue weighted by Gasteiger charge is 2.25. The minimum atomic E-state index is 0.00466. The molecule has 2 aliphatic heterocycles. The van der Waals surface area contributed by atoms with Crippen LogP contribution in [0.1, 0.15) is 18.9 Å². The van der Waals surface area contributed by atoms with Gasteiger partial charge in [0.2, 0.25) is 11.8 Å². The minimum absolute atomic E-state index is 0.00466. The van der Waals surface area contributed by atoms with Gasteiger partial charge in [-0.15, -0.1) is 11.3 Å². The number of hydrogen-bond acceptors (Lipinski definition) is 7. The Morgan fingerprint density at radius 1 is 0.970 bits per heavy atom. The van der Waals surface area contributed by atoms with E-state index < -0.39 is 0 Å². The third kappa shape index (κ3) is 6.52. The van der Waals surface area contributed by atoms with Crippen molar-refractivity contribution in [2.75, 3.05) is 75.7 Å². The topological polar surface area (TPSA) is 72.0 Å². The molecule has 4 rings (SSSR count). The van der Waals surface area contributed by atoms with Crippen molar-refractivity contribution in [3.8, 4) is 0 Å². The number of thiazole rings is 1. The molecule has 1 aromatic carbocycles. The summed E-state index contributed by atoms with van der Waals surface area (Å²) in [4.78, 5) is 38.5. The molecule has 2 amide bonds. The maximum absolute atomic E-state index is 12.9. The number of aromatic nitrogens is 1. The van der Waals surface area contributed by atoms with Gasteiger partial charge in [0.1, 0.15) is 0 Å². The molecule has 1 aromatic heterocycles. The van der Waals surface area contributed by atoms with Crippen molar-refractivity contribution in [2.24, 2.45) is 0 Å². The van der Waals surface area contributed by atoms with Crippen molar-refractivity contribution in [1.82, 2.24) is 19.7 Å². The zero-order chi connectivity index (χ0) is 23.0. The van der Waals surface area contributed by atoms with E-state index in [9.17, 15) is 9.59 Å². The first kappa shape index (κ1) is 23.7. The predicted octanol–water partition coefficient (Wildman–Crippen LogP) is 2.00. The first-order valence-electron chi connectivity index (χ1n) is 11.9. The first-order chi connectivity index (χ1) is 16.1. The number of carbonyl (C=O) groups is 2. The fraction of sp³-hybridized carbons (Fsp3) is 0.542. The second-order valence-electron chi connectivity index (χ2n) is 8.65. The number of rotatable bonds is 7. The Morgan fingerprint density at radius 3 is 2.48 bits per heavy atom. The summed E-state index contributed by atoms with van der Waals surface area (Å²) in [7, 11) is 0. The van der Waals surface area contributed by atoms with Crippen molar-refractivity contribution in [3.05, 3.63) is 41.4 Å². The molecule has 0 radical (unpaired) electrons.